The van der Waals surface area contributed by atoms with Crippen LogP contribution in [0.4, 0.5) is 0 Å². The Morgan fingerprint density at radius 1 is 1.08 bits per heavy atom. The molecular weight excluding hydrogens is 519 g/mol. The zero-order valence-corrected chi connectivity index (χ0v) is 24.2. The Morgan fingerprint density at radius 2 is 1.83 bits per heavy atom. The molecule has 3 atom stereocenters. The lowest BCUT2D eigenvalue weighted by atomic mass is 9.79. The van der Waals surface area contributed by atoms with Gasteiger partial charge in [-0.15, -0.1) is 37.2 Å². The van der Waals surface area contributed by atoms with Gasteiger partial charge in [0.25, 0.3) is 0 Å². The Bertz CT molecular complexity index is 722. The SMILES string of the molecule is CN1CCC(OCCCNC(=O)CCC[C@H]2NC[C@@H]3C[C@@H]2CN(Cc2ccccc2)C3)CC1.Cl.Cl.Cl. The first-order valence-corrected chi connectivity index (χ1v) is 13.2. The molecule has 0 radical (unpaired) electrons. The van der Waals surface area contributed by atoms with Gasteiger partial charge in [-0.2, -0.15) is 0 Å². The third-order valence-corrected chi connectivity index (χ3v) is 7.71. The lowest BCUT2D eigenvalue weighted by molar-refractivity contribution is -0.121. The first kappa shape index (κ1) is 33.4. The molecule has 1 amide bonds. The molecule has 2 bridgehead atoms. The summed E-state index contributed by atoms with van der Waals surface area (Å²) >= 11 is 0. The summed E-state index contributed by atoms with van der Waals surface area (Å²) in [5.74, 6) is 1.67. The summed E-state index contributed by atoms with van der Waals surface area (Å²) in [5.41, 5.74) is 1.41. The van der Waals surface area contributed by atoms with Crippen molar-refractivity contribution in [2.45, 2.75) is 63.6 Å². The number of carbonyl (C=O) groups is 1. The summed E-state index contributed by atoms with van der Waals surface area (Å²) < 4.78 is 5.97. The highest BCUT2D eigenvalue weighted by atomic mass is 35.5. The molecule has 0 saturated carbocycles. The predicted molar refractivity (Wildman–Crippen MR) is 155 cm³/mol. The lowest BCUT2D eigenvalue weighted by Gasteiger charge is -2.46. The Labute approximate surface area is 236 Å². The van der Waals surface area contributed by atoms with Crippen LogP contribution in [0.5, 0.6) is 0 Å². The fraction of sp³-hybridized carbons (Fsp3) is 0.741. The molecule has 6 nitrogen and oxygen atoms in total. The molecule has 3 saturated heterocycles. The van der Waals surface area contributed by atoms with Crippen LogP contribution in [0.1, 0.15) is 50.5 Å². The monoisotopic (exact) mass is 564 g/mol. The summed E-state index contributed by atoms with van der Waals surface area (Å²) in [6.45, 7) is 8.30. The number of benzene rings is 1. The molecule has 3 fully saturated rings. The van der Waals surface area contributed by atoms with E-state index in [1.165, 1.54) is 25.1 Å². The molecule has 0 aromatic heterocycles. The molecule has 208 valence electrons. The van der Waals surface area contributed by atoms with Gasteiger partial charge in [-0.25, -0.2) is 0 Å². The van der Waals surface area contributed by atoms with E-state index < -0.39 is 0 Å². The summed E-state index contributed by atoms with van der Waals surface area (Å²) in [6.07, 6.45) is 7.61. The molecule has 1 aromatic rings. The topological polar surface area (TPSA) is 56.8 Å². The summed E-state index contributed by atoms with van der Waals surface area (Å²) in [4.78, 5) is 17.3. The Kier molecular flexibility index (Phi) is 16.6. The van der Waals surface area contributed by atoms with Crippen LogP contribution in [0.15, 0.2) is 30.3 Å². The molecule has 1 aromatic carbocycles. The minimum absolute atomic E-state index is 0. The van der Waals surface area contributed by atoms with Crippen LogP contribution in [0.3, 0.4) is 0 Å². The maximum Gasteiger partial charge on any atom is 0.219 e. The number of amides is 1. The van der Waals surface area contributed by atoms with Gasteiger partial charge in [-0.05, 0) is 69.5 Å². The predicted octanol–water partition coefficient (Wildman–Crippen LogP) is 4.15. The third-order valence-electron chi connectivity index (χ3n) is 7.71. The minimum Gasteiger partial charge on any atom is -0.378 e. The molecule has 0 spiro atoms. The second-order valence-electron chi connectivity index (χ2n) is 10.5. The van der Waals surface area contributed by atoms with E-state index in [2.05, 4.69) is 57.8 Å². The first-order valence-electron chi connectivity index (χ1n) is 13.2. The minimum atomic E-state index is 0. The maximum atomic E-state index is 12.3. The van der Waals surface area contributed by atoms with Crippen molar-refractivity contribution in [1.82, 2.24) is 20.4 Å². The fourth-order valence-electron chi connectivity index (χ4n) is 5.85. The van der Waals surface area contributed by atoms with Gasteiger partial charge in [0.05, 0.1) is 6.10 Å². The number of hydrogen-bond donors (Lipinski definition) is 2. The number of rotatable bonds is 11. The summed E-state index contributed by atoms with van der Waals surface area (Å²) in [7, 11) is 2.17. The van der Waals surface area contributed by atoms with Crippen LogP contribution < -0.4 is 10.6 Å². The van der Waals surface area contributed by atoms with Gasteiger partial charge in [-0.1, -0.05) is 30.3 Å². The van der Waals surface area contributed by atoms with E-state index in [1.54, 1.807) is 0 Å². The average Bonchev–Trinajstić information content (AvgIpc) is 2.82. The van der Waals surface area contributed by atoms with E-state index in [0.29, 0.717) is 24.5 Å². The van der Waals surface area contributed by atoms with Gasteiger partial charge in [0.15, 0.2) is 0 Å². The van der Waals surface area contributed by atoms with E-state index in [1.807, 2.05) is 0 Å². The second kappa shape index (κ2) is 17.8. The third kappa shape index (κ3) is 11.0. The van der Waals surface area contributed by atoms with Crippen LogP contribution in [0.2, 0.25) is 0 Å². The molecule has 9 heteroatoms. The van der Waals surface area contributed by atoms with Crippen molar-refractivity contribution >= 4 is 43.1 Å². The zero-order chi connectivity index (χ0) is 22.9. The average molecular weight is 566 g/mol. The number of carbonyl (C=O) groups excluding carboxylic acids is 1. The Morgan fingerprint density at radius 3 is 2.58 bits per heavy atom. The van der Waals surface area contributed by atoms with Gasteiger partial charge in [0.1, 0.15) is 0 Å². The second-order valence-corrected chi connectivity index (χ2v) is 10.5. The quantitative estimate of drug-likeness (QED) is 0.395. The highest BCUT2D eigenvalue weighted by molar-refractivity contribution is 5.86. The fourth-order valence-corrected chi connectivity index (χ4v) is 5.85. The van der Waals surface area contributed by atoms with E-state index in [9.17, 15) is 4.79 Å². The standard InChI is InChI=1S/C27H44N4O2.3ClH/c1-30-14-11-25(12-15-30)33-16-6-13-28-27(32)10-5-9-26-24-17-23(18-29-26)20-31(21-24)19-22-7-3-2-4-8-22;;;/h2-4,7-8,23-26,29H,5-6,9-21H2,1H3,(H,28,32);3*1H/t23-,24+,26+;;;/m0.../s1. The van der Waals surface area contributed by atoms with Crippen molar-refractivity contribution in [2.75, 3.05) is 52.9 Å². The van der Waals surface area contributed by atoms with Crippen molar-refractivity contribution in [3.8, 4) is 0 Å². The molecule has 3 aliphatic heterocycles. The molecule has 0 aliphatic carbocycles. The van der Waals surface area contributed by atoms with Crippen LogP contribution in [-0.2, 0) is 16.1 Å². The number of hydrogen-bond acceptors (Lipinski definition) is 5. The smallest absolute Gasteiger partial charge is 0.219 e. The Balaban J connectivity index is 0.00000216. The van der Waals surface area contributed by atoms with E-state index >= 15 is 0 Å². The number of fused-ring (bicyclic) bond motifs is 2. The number of halogens is 3. The summed E-state index contributed by atoms with van der Waals surface area (Å²) in [6, 6.07) is 11.4. The van der Waals surface area contributed by atoms with Crippen LogP contribution in [-0.4, -0.2) is 80.8 Å². The van der Waals surface area contributed by atoms with Crippen LogP contribution in [0.25, 0.3) is 0 Å². The molecule has 4 rings (SSSR count). The number of ether oxygens (including phenoxy) is 1. The highest BCUT2D eigenvalue weighted by Gasteiger charge is 2.36. The lowest BCUT2D eigenvalue weighted by Crippen LogP contribution is -2.55. The van der Waals surface area contributed by atoms with Crippen molar-refractivity contribution in [3.63, 3.8) is 0 Å². The van der Waals surface area contributed by atoms with Gasteiger partial charge < -0.3 is 20.3 Å². The van der Waals surface area contributed by atoms with Crippen molar-refractivity contribution in [3.05, 3.63) is 35.9 Å². The number of nitrogens with zero attached hydrogens (tertiary/aromatic N) is 2. The van der Waals surface area contributed by atoms with Gasteiger partial charge in [0.2, 0.25) is 5.91 Å². The number of likely N-dealkylation sites (tertiary alicyclic amines) is 2. The zero-order valence-electron chi connectivity index (χ0n) is 21.7. The molecule has 3 aliphatic rings. The van der Waals surface area contributed by atoms with E-state index in [-0.39, 0.29) is 43.1 Å². The molecule has 3 heterocycles. The van der Waals surface area contributed by atoms with Gasteiger partial charge >= 0.3 is 0 Å². The van der Waals surface area contributed by atoms with Crippen LogP contribution >= 0.6 is 37.2 Å². The van der Waals surface area contributed by atoms with Gasteiger partial charge in [-0.3, -0.25) is 9.69 Å². The van der Waals surface area contributed by atoms with Crippen molar-refractivity contribution in [2.24, 2.45) is 11.8 Å². The largest absolute Gasteiger partial charge is 0.378 e. The molecule has 0 unspecified atom stereocenters. The van der Waals surface area contributed by atoms with Crippen LogP contribution in [0, 0.1) is 11.8 Å². The molecule has 36 heavy (non-hydrogen) atoms. The highest BCUT2D eigenvalue weighted by Crippen LogP contribution is 2.31. The van der Waals surface area contributed by atoms with Crippen molar-refractivity contribution < 1.29 is 9.53 Å². The number of nitrogens with one attached hydrogen (secondary N) is 2. The summed E-state index contributed by atoms with van der Waals surface area (Å²) in [5, 5.41) is 6.88. The molecule has 2 N–H and O–H groups in total. The maximum absolute atomic E-state index is 12.3. The van der Waals surface area contributed by atoms with E-state index in [4.69, 9.17) is 4.74 Å². The van der Waals surface area contributed by atoms with Crippen molar-refractivity contribution in [1.29, 1.82) is 0 Å². The normalized spacial score (nSPS) is 24.6. The number of piperidine rings is 3. The van der Waals surface area contributed by atoms with E-state index in [0.717, 1.165) is 77.4 Å². The van der Waals surface area contributed by atoms with Gasteiger partial charge in [0, 0.05) is 58.3 Å². The first-order chi connectivity index (χ1) is 16.2. The molecular formula is C27H47Cl3N4O2. The Hall–Kier alpha value is -0.600.